The zero-order valence-electron chi connectivity index (χ0n) is 9.79. The molecule has 1 amide bonds. The van der Waals surface area contributed by atoms with Gasteiger partial charge in [-0.1, -0.05) is 28.1 Å². The number of carbonyl (C=O) groups excluding carboxylic acids is 1. The Hall–Kier alpha value is -0.870. The van der Waals surface area contributed by atoms with E-state index in [4.69, 9.17) is 5.11 Å². The Morgan fingerprint density at radius 2 is 2.18 bits per heavy atom. The fraction of sp³-hybridized carbons (Fsp3) is 0.462. The van der Waals surface area contributed by atoms with Crippen molar-refractivity contribution in [1.29, 1.82) is 0 Å². The number of unbranched alkanes of at least 4 members (excludes halogenated alkanes) is 1. The van der Waals surface area contributed by atoms with Crippen LogP contribution in [0.2, 0.25) is 0 Å². The lowest BCUT2D eigenvalue weighted by Gasteiger charge is -2.05. The van der Waals surface area contributed by atoms with Gasteiger partial charge >= 0.3 is 0 Å². The zero-order chi connectivity index (χ0) is 12.5. The molecule has 0 bridgehead atoms. The topological polar surface area (TPSA) is 49.3 Å². The van der Waals surface area contributed by atoms with Crippen molar-refractivity contribution in [3.63, 3.8) is 0 Å². The average molecular weight is 300 g/mol. The molecule has 0 saturated carbocycles. The number of aryl methyl sites for hydroxylation is 1. The van der Waals surface area contributed by atoms with Gasteiger partial charge in [0.25, 0.3) is 0 Å². The summed E-state index contributed by atoms with van der Waals surface area (Å²) >= 11 is 3.40. The number of nitrogens with one attached hydrogen (secondary N) is 1. The summed E-state index contributed by atoms with van der Waals surface area (Å²) in [6, 6.07) is 7.99. The quantitative estimate of drug-likeness (QED) is 0.759. The van der Waals surface area contributed by atoms with E-state index in [0.29, 0.717) is 13.0 Å². The fourth-order valence-corrected chi connectivity index (χ4v) is 1.95. The molecular formula is C13H18BrNO2. The van der Waals surface area contributed by atoms with Crippen LogP contribution in [-0.4, -0.2) is 24.2 Å². The lowest BCUT2D eigenvalue weighted by atomic mass is 10.1. The number of benzene rings is 1. The number of rotatable bonds is 7. The molecule has 4 heteroatoms. The maximum Gasteiger partial charge on any atom is 0.220 e. The highest BCUT2D eigenvalue weighted by atomic mass is 79.9. The molecule has 0 heterocycles. The lowest BCUT2D eigenvalue weighted by molar-refractivity contribution is -0.121. The molecular weight excluding hydrogens is 282 g/mol. The molecule has 0 saturated heterocycles. The van der Waals surface area contributed by atoms with Crippen molar-refractivity contribution >= 4 is 21.8 Å². The molecule has 0 aliphatic rings. The third kappa shape index (κ3) is 6.44. The normalized spacial score (nSPS) is 10.2. The maximum absolute atomic E-state index is 11.5. The molecule has 1 rings (SSSR count). The maximum atomic E-state index is 11.5. The predicted molar refractivity (Wildman–Crippen MR) is 71.8 cm³/mol. The minimum atomic E-state index is 0.0721. The van der Waals surface area contributed by atoms with Gasteiger partial charge in [0.15, 0.2) is 0 Å². The van der Waals surface area contributed by atoms with Crippen LogP contribution in [0.25, 0.3) is 0 Å². The number of carbonyl (C=O) groups is 1. The van der Waals surface area contributed by atoms with Crippen molar-refractivity contribution in [3.8, 4) is 0 Å². The summed E-state index contributed by atoms with van der Waals surface area (Å²) in [6.45, 7) is 0.839. The molecule has 1 aromatic rings. The molecule has 0 spiro atoms. The lowest BCUT2D eigenvalue weighted by Crippen LogP contribution is -2.24. The summed E-state index contributed by atoms with van der Waals surface area (Å²) in [5.74, 6) is 0.0721. The van der Waals surface area contributed by atoms with E-state index in [1.54, 1.807) is 0 Å². The highest BCUT2D eigenvalue weighted by molar-refractivity contribution is 9.10. The van der Waals surface area contributed by atoms with Gasteiger partial charge < -0.3 is 10.4 Å². The molecule has 0 aliphatic heterocycles. The van der Waals surface area contributed by atoms with Gasteiger partial charge in [0.05, 0.1) is 0 Å². The van der Waals surface area contributed by atoms with Gasteiger partial charge in [-0.05, 0) is 37.0 Å². The Balaban J connectivity index is 2.19. The number of hydrogen-bond acceptors (Lipinski definition) is 2. The molecule has 3 nitrogen and oxygen atoms in total. The number of amides is 1. The van der Waals surface area contributed by atoms with Crippen molar-refractivity contribution in [2.75, 3.05) is 13.2 Å². The Bertz CT molecular complexity index is 355. The van der Waals surface area contributed by atoms with E-state index in [0.717, 1.165) is 29.3 Å². The highest BCUT2D eigenvalue weighted by Gasteiger charge is 2.01. The van der Waals surface area contributed by atoms with E-state index in [9.17, 15) is 4.79 Å². The van der Waals surface area contributed by atoms with Crippen molar-refractivity contribution < 1.29 is 9.90 Å². The summed E-state index contributed by atoms with van der Waals surface area (Å²) < 4.78 is 1.04. The summed E-state index contributed by atoms with van der Waals surface area (Å²) in [6.07, 6.45) is 2.84. The molecule has 0 aliphatic carbocycles. The Morgan fingerprint density at radius 3 is 2.88 bits per heavy atom. The van der Waals surface area contributed by atoms with Gasteiger partial charge in [-0.25, -0.2) is 0 Å². The average Bonchev–Trinajstić information content (AvgIpc) is 2.32. The molecule has 17 heavy (non-hydrogen) atoms. The van der Waals surface area contributed by atoms with Gasteiger partial charge in [0, 0.05) is 24.0 Å². The first-order valence-electron chi connectivity index (χ1n) is 5.84. The molecule has 94 valence electrons. The largest absolute Gasteiger partial charge is 0.396 e. The summed E-state index contributed by atoms with van der Waals surface area (Å²) in [7, 11) is 0. The molecule has 0 radical (unpaired) electrons. The van der Waals surface area contributed by atoms with Gasteiger partial charge in [0.2, 0.25) is 5.91 Å². The fourth-order valence-electron chi connectivity index (χ4n) is 1.50. The SMILES string of the molecule is O=C(CCc1cccc(Br)c1)NCCCCO. The highest BCUT2D eigenvalue weighted by Crippen LogP contribution is 2.12. The number of aliphatic hydroxyl groups excluding tert-OH is 1. The Morgan fingerprint density at radius 1 is 1.35 bits per heavy atom. The van der Waals surface area contributed by atoms with Crippen molar-refractivity contribution in [1.82, 2.24) is 5.32 Å². The molecule has 0 unspecified atom stereocenters. The molecule has 1 aromatic carbocycles. The van der Waals surface area contributed by atoms with Crippen LogP contribution >= 0.6 is 15.9 Å². The van der Waals surface area contributed by atoms with Crippen molar-refractivity contribution in [2.24, 2.45) is 0 Å². The van der Waals surface area contributed by atoms with Gasteiger partial charge in [0.1, 0.15) is 0 Å². The second-order valence-corrected chi connectivity index (χ2v) is 4.83. The zero-order valence-corrected chi connectivity index (χ0v) is 11.4. The van der Waals surface area contributed by atoms with E-state index in [1.807, 2.05) is 24.3 Å². The minimum absolute atomic E-state index is 0.0721. The van der Waals surface area contributed by atoms with E-state index in [2.05, 4.69) is 21.2 Å². The number of aliphatic hydroxyl groups is 1. The number of halogens is 1. The van der Waals surface area contributed by atoms with Crippen LogP contribution in [0.5, 0.6) is 0 Å². The van der Waals surface area contributed by atoms with Crippen LogP contribution in [0.3, 0.4) is 0 Å². The monoisotopic (exact) mass is 299 g/mol. The predicted octanol–water partition coefficient (Wildman–Crippen LogP) is 2.27. The molecule has 0 fully saturated rings. The second kappa shape index (κ2) is 8.25. The van der Waals surface area contributed by atoms with Crippen LogP contribution in [0.4, 0.5) is 0 Å². The molecule has 0 atom stereocenters. The second-order valence-electron chi connectivity index (χ2n) is 3.91. The Kier molecular flexibility index (Phi) is 6.89. The summed E-state index contributed by atoms with van der Waals surface area (Å²) in [5, 5.41) is 11.4. The number of hydrogen-bond donors (Lipinski definition) is 2. The van der Waals surface area contributed by atoms with Gasteiger partial charge in [-0.3, -0.25) is 4.79 Å². The van der Waals surface area contributed by atoms with E-state index in [1.165, 1.54) is 0 Å². The van der Waals surface area contributed by atoms with Gasteiger partial charge in [-0.2, -0.15) is 0 Å². The van der Waals surface area contributed by atoms with Crippen LogP contribution < -0.4 is 5.32 Å². The standard InChI is InChI=1S/C13H18BrNO2/c14-12-5-3-4-11(10-12)6-7-13(17)15-8-1-2-9-16/h3-5,10,16H,1-2,6-9H2,(H,15,17). The minimum Gasteiger partial charge on any atom is -0.396 e. The van der Waals surface area contributed by atoms with Crippen LogP contribution in [0.15, 0.2) is 28.7 Å². The van der Waals surface area contributed by atoms with Crippen molar-refractivity contribution in [3.05, 3.63) is 34.3 Å². The van der Waals surface area contributed by atoms with Gasteiger partial charge in [-0.15, -0.1) is 0 Å². The van der Waals surface area contributed by atoms with E-state index < -0.39 is 0 Å². The van der Waals surface area contributed by atoms with Crippen LogP contribution in [-0.2, 0) is 11.2 Å². The first-order valence-corrected chi connectivity index (χ1v) is 6.63. The van der Waals surface area contributed by atoms with Crippen LogP contribution in [0, 0.1) is 0 Å². The summed E-state index contributed by atoms with van der Waals surface area (Å²) in [5.41, 5.74) is 1.16. The molecule has 0 aromatic heterocycles. The van der Waals surface area contributed by atoms with Crippen LogP contribution in [0.1, 0.15) is 24.8 Å². The Labute approximate surface area is 110 Å². The van der Waals surface area contributed by atoms with Crippen molar-refractivity contribution in [2.45, 2.75) is 25.7 Å². The van der Waals surface area contributed by atoms with E-state index in [-0.39, 0.29) is 12.5 Å². The molecule has 2 N–H and O–H groups in total. The first kappa shape index (κ1) is 14.2. The van der Waals surface area contributed by atoms with E-state index >= 15 is 0 Å². The summed E-state index contributed by atoms with van der Waals surface area (Å²) in [4.78, 5) is 11.5. The third-order valence-electron chi connectivity index (χ3n) is 2.44. The third-order valence-corrected chi connectivity index (χ3v) is 2.93. The first-order chi connectivity index (χ1) is 8.22. The smallest absolute Gasteiger partial charge is 0.220 e.